The maximum atomic E-state index is 13.5. The molecule has 2 heterocycles. The molecule has 144 valence electrons. The van der Waals surface area contributed by atoms with Gasteiger partial charge in [-0.15, -0.1) is 0 Å². The fraction of sp³-hybridized carbons (Fsp3) is 0. The first-order chi connectivity index (χ1) is 13.9. The van der Waals surface area contributed by atoms with Crippen LogP contribution in [-0.4, -0.2) is 15.2 Å². The van der Waals surface area contributed by atoms with Crippen molar-refractivity contribution < 1.29 is 18.5 Å². The molecule has 29 heavy (non-hydrogen) atoms. The molecule has 0 N–H and O–H groups in total. The summed E-state index contributed by atoms with van der Waals surface area (Å²) in [5.74, 6) is 0.114. The van der Waals surface area contributed by atoms with Crippen molar-refractivity contribution in [3.63, 3.8) is 0 Å². The Morgan fingerprint density at radius 1 is 1.14 bits per heavy atom. The summed E-state index contributed by atoms with van der Waals surface area (Å²) in [6, 6.07) is 15.0. The van der Waals surface area contributed by atoms with Gasteiger partial charge in [0.1, 0.15) is 17.3 Å². The van der Waals surface area contributed by atoms with Crippen molar-refractivity contribution in [2.45, 2.75) is 0 Å². The number of benzene rings is 2. The average molecular weight is 426 g/mol. The van der Waals surface area contributed by atoms with Crippen molar-refractivity contribution in [2.24, 2.45) is 0 Å². The van der Waals surface area contributed by atoms with Gasteiger partial charge in [-0.05, 0) is 42.5 Å². The molecule has 1 aliphatic heterocycles. The van der Waals surface area contributed by atoms with Gasteiger partial charge in [-0.2, -0.15) is 0 Å². The molecule has 0 saturated carbocycles. The maximum Gasteiger partial charge on any atom is 0.270 e. The number of carbonyl (C=O) groups excluding carboxylic acids is 1. The summed E-state index contributed by atoms with van der Waals surface area (Å²) < 4.78 is 19.5. The van der Waals surface area contributed by atoms with Gasteiger partial charge in [0.2, 0.25) is 0 Å². The van der Waals surface area contributed by atoms with E-state index in [1.165, 1.54) is 35.2 Å². The van der Waals surface area contributed by atoms with Crippen molar-refractivity contribution in [3.8, 4) is 11.3 Å². The van der Waals surface area contributed by atoms with Gasteiger partial charge in [0.05, 0.1) is 15.5 Å². The largest absolute Gasteiger partial charge is 0.457 e. The van der Waals surface area contributed by atoms with Gasteiger partial charge in [0, 0.05) is 23.8 Å². The van der Waals surface area contributed by atoms with Crippen LogP contribution < -0.4 is 4.90 Å². The first-order valence-electron chi connectivity index (χ1n) is 8.30. The van der Waals surface area contributed by atoms with Crippen LogP contribution in [0.25, 0.3) is 17.4 Å². The molecule has 1 aromatic heterocycles. The summed E-state index contributed by atoms with van der Waals surface area (Å²) in [5, 5.41) is 10.8. The number of non-ortho nitro benzene ring substituents is 1. The number of rotatable bonds is 4. The number of nitro benzene ring substituents is 1. The third-order valence-electron chi connectivity index (χ3n) is 4.12. The highest BCUT2D eigenvalue weighted by molar-refractivity contribution is 8.27. The van der Waals surface area contributed by atoms with Crippen LogP contribution in [0.5, 0.6) is 0 Å². The monoisotopic (exact) mass is 426 g/mol. The normalized spacial score (nSPS) is 15.3. The molecule has 0 unspecified atom stereocenters. The zero-order valence-electron chi connectivity index (χ0n) is 14.6. The van der Waals surface area contributed by atoms with E-state index < -0.39 is 10.7 Å². The molecule has 1 aliphatic rings. The van der Waals surface area contributed by atoms with Crippen LogP contribution in [0.2, 0.25) is 0 Å². The second kappa shape index (κ2) is 7.61. The fourth-order valence-electron chi connectivity index (χ4n) is 2.77. The molecule has 0 atom stereocenters. The van der Waals surface area contributed by atoms with Gasteiger partial charge in [0.15, 0.2) is 4.32 Å². The molecular weight excluding hydrogens is 415 g/mol. The van der Waals surface area contributed by atoms with Gasteiger partial charge in [-0.3, -0.25) is 19.8 Å². The predicted molar refractivity (Wildman–Crippen MR) is 113 cm³/mol. The van der Waals surface area contributed by atoms with E-state index in [1.54, 1.807) is 36.4 Å². The number of hydrogen-bond acceptors (Lipinski definition) is 6. The lowest BCUT2D eigenvalue weighted by molar-refractivity contribution is -0.384. The van der Waals surface area contributed by atoms with Gasteiger partial charge >= 0.3 is 0 Å². The third kappa shape index (κ3) is 3.82. The van der Waals surface area contributed by atoms with E-state index in [2.05, 4.69) is 0 Å². The Kier molecular flexibility index (Phi) is 4.99. The Morgan fingerprint density at radius 2 is 1.90 bits per heavy atom. The van der Waals surface area contributed by atoms with E-state index in [-0.39, 0.29) is 11.6 Å². The molecule has 4 rings (SSSR count). The Balaban J connectivity index is 1.58. The average Bonchev–Trinajstić information content (AvgIpc) is 3.26. The number of carbonyl (C=O) groups is 1. The van der Waals surface area contributed by atoms with Crippen LogP contribution >= 0.6 is 24.0 Å². The van der Waals surface area contributed by atoms with Gasteiger partial charge in [0.25, 0.3) is 11.6 Å². The zero-order valence-corrected chi connectivity index (χ0v) is 16.2. The lowest BCUT2D eigenvalue weighted by Crippen LogP contribution is -2.27. The number of amides is 1. The van der Waals surface area contributed by atoms with Crippen LogP contribution in [0.15, 0.2) is 70.0 Å². The third-order valence-corrected chi connectivity index (χ3v) is 5.43. The minimum absolute atomic E-state index is 0.0125. The molecule has 6 nitrogen and oxygen atoms in total. The number of thiocarbonyl (C=S) groups is 1. The number of halogens is 1. The lowest BCUT2D eigenvalue weighted by atomic mass is 10.1. The summed E-state index contributed by atoms with van der Waals surface area (Å²) in [6.45, 7) is 0. The molecule has 2 aromatic carbocycles. The molecule has 1 saturated heterocycles. The van der Waals surface area contributed by atoms with E-state index in [0.717, 1.165) is 11.8 Å². The molecule has 1 amide bonds. The highest BCUT2D eigenvalue weighted by Crippen LogP contribution is 2.36. The van der Waals surface area contributed by atoms with Crippen molar-refractivity contribution in [1.82, 2.24) is 0 Å². The number of nitrogens with zero attached hydrogens (tertiary/aromatic N) is 2. The van der Waals surface area contributed by atoms with E-state index in [1.807, 2.05) is 0 Å². The predicted octanol–water partition coefficient (Wildman–Crippen LogP) is 5.40. The molecule has 0 radical (unpaired) electrons. The SMILES string of the molecule is O=C1/C(=C\c2ccc(-c3ccc([N+](=O)[O-])cc3)o2)SC(=S)N1c1cccc(F)c1. The molecular formula is C20H11FN2O4S2. The second-order valence-corrected chi connectivity index (χ2v) is 7.68. The molecule has 0 spiro atoms. The summed E-state index contributed by atoms with van der Waals surface area (Å²) in [5.41, 5.74) is 1.02. The number of furan rings is 1. The molecule has 0 aliphatic carbocycles. The zero-order chi connectivity index (χ0) is 20.5. The quantitative estimate of drug-likeness (QED) is 0.241. The summed E-state index contributed by atoms with van der Waals surface area (Å²) in [6.07, 6.45) is 1.56. The summed E-state index contributed by atoms with van der Waals surface area (Å²) >= 11 is 6.37. The molecule has 3 aromatic rings. The van der Waals surface area contributed by atoms with Gasteiger partial charge < -0.3 is 4.42 Å². The molecule has 0 bridgehead atoms. The van der Waals surface area contributed by atoms with Crippen LogP contribution in [0.4, 0.5) is 15.8 Å². The van der Waals surface area contributed by atoms with Crippen LogP contribution in [0, 0.1) is 15.9 Å². The second-order valence-electron chi connectivity index (χ2n) is 6.00. The molecule has 1 fully saturated rings. The van der Waals surface area contributed by atoms with E-state index in [0.29, 0.717) is 32.0 Å². The highest BCUT2D eigenvalue weighted by Gasteiger charge is 2.33. The number of anilines is 1. The smallest absolute Gasteiger partial charge is 0.270 e. The lowest BCUT2D eigenvalue weighted by Gasteiger charge is -2.14. The molecule has 9 heteroatoms. The standard InChI is InChI=1S/C20H11FN2O4S2/c21-13-2-1-3-15(10-13)22-19(24)18(29-20(22)28)11-16-8-9-17(27-16)12-4-6-14(7-5-12)23(25)26/h1-11H/b18-11+. The van der Waals surface area contributed by atoms with E-state index in [9.17, 15) is 19.3 Å². The van der Waals surface area contributed by atoms with Crippen molar-refractivity contribution in [2.75, 3.05) is 4.90 Å². The van der Waals surface area contributed by atoms with Crippen molar-refractivity contribution >= 4 is 51.7 Å². The Morgan fingerprint density at radius 3 is 2.59 bits per heavy atom. The highest BCUT2D eigenvalue weighted by atomic mass is 32.2. The first kappa shape index (κ1) is 19.0. The van der Waals surface area contributed by atoms with Crippen LogP contribution in [0.3, 0.4) is 0 Å². The number of nitro groups is 1. The Hall–Kier alpha value is -3.30. The van der Waals surface area contributed by atoms with E-state index in [4.69, 9.17) is 16.6 Å². The van der Waals surface area contributed by atoms with E-state index >= 15 is 0 Å². The summed E-state index contributed by atoms with van der Waals surface area (Å²) in [7, 11) is 0. The first-order valence-corrected chi connectivity index (χ1v) is 9.53. The van der Waals surface area contributed by atoms with Crippen LogP contribution in [-0.2, 0) is 4.79 Å². The number of hydrogen-bond donors (Lipinski definition) is 0. The minimum Gasteiger partial charge on any atom is -0.457 e. The van der Waals surface area contributed by atoms with Crippen molar-refractivity contribution in [3.05, 3.63) is 87.3 Å². The van der Waals surface area contributed by atoms with Gasteiger partial charge in [-0.1, -0.05) is 30.0 Å². The fourth-order valence-corrected chi connectivity index (χ4v) is 4.05. The van der Waals surface area contributed by atoms with Crippen LogP contribution in [0.1, 0.15) is 5.76 Å². The maximum absolute atomic E-state index is 13.5. The minimum atomic E-state index is -0.474. The Labute approximate surface area is 173 Å². The van der Waals surface area contributed by atoms with Gasteiger partial charge in [-0.25, -0.2) is 4.39 Å². The topological polar surface area (TPSA) is 76.6 Å². The summed E-state index contributed by atoms with van der Waals surface area (Å²) in [4.78, 5) is 24.6. The Bertz CT molecular complexity index is 1170. The number of thioether (sulfide) groups is 1. The van der Waals surface area contributed by atoms with Crippen molar-refractivity contribution in [1.29, 1.82) is 0 Å².